The van der Waals surface area contributed by atoms with E-state index < -0.39 is 33.9 Å². The molecule has 1 aromatic rings. The Balaban J connectivity index is 1.84. The number of nitrogens with zero attached hydrogens (tertiary/aromatic N) is 2. The first-order chi connectivity index (χ1) is 13.1. The third-order valence-electron chi connectivity index (χ3n) is 5.44. The molecule has 0 unspecified atom stereocenters. The lowest BCUT2D eigenvalue weighted by Gasteiger charge is -2.28. The molecule has 0 radical (unpaired) electrons. The summed E-state index contributed by atoms with van der Waals surface area (Å²) in [7, 11) is -3.68. The van der Waals surface area contributed by atoms with Crippen molar-refractivity contribution in [2.45, 2.75) is 32.4 Å². The van der Waals surface area contributed by atoms with Gasteiger partial charge in [0.05, 0.1) is 24.3 Å². The summed E-state index contributed by atoms with van der Waals surface area (Å²) in [6, 6.07) is 5.86. The molecule has 1 aromatic carbocycles. The summed E-state index contributed by atoms with van der Waals surface area (Å²) in [5.41, 5.74) is 1.33. The van der Waals surface area contributed by atoms with Crippen LogP contribution < -0.4 is 0 Å². The van der Waals surface area contributed by atoms with E-state index in [-0.39, 0.29) is 11.8 Å². The lowest BCUT2D eigenvalue weighted by molar-refractivity contribution is -0.131. The zero-order chi connectivity index (χ0) is 20.6. The van der Waals surface area contributed by atoms with Gasteiger partial charge in [0.2, 0.25) is 21.8 Å². The number of benzene rings is 1. The molecule has 2 amide bonds. The van der Waals surface area contributed by atoms with Crippen LogP contribution in [-0.4, -0.2) is 60.6 Å². The van der Waals surface area contributed by atoms with Gasteiger partial charge in [-0.25, -0.2) is 12.7 Å². The molecule has 3 rings (SSSR count). The van der Waals surface area contributed by atoms with Crippen LogP contribution in [0.2, 0.25) is 0 Å². The quantitative estimate of drug-likeness (QED) is 0.549. The Kier molecular flexibility index (Phi) is 5.43. The van der Waals surface area contributed by atoms with Gasteiger partial charge in [-0.15, -0.1) is 0 Å². The zero-order valence-corrected chi connectivity index (χ0v) is 16.9. The summed E-state index contributed by atoms with van der Waals surface area (Å²) >= 11 is 0. The largest absolute Gasteiger partial charge is 0.333 e. The summed E-state index contributed by atoms with van der Waals surface area (Å²) in [4.78, 5) is 37.9. The molecule has 0 saturated carbocycles. The van der Waals surface area contributed by atoms with Crippen LogP contribution in [0, 0.1) is 11.8 Å². The van der Waals surface area contributed by atoms with Gasteiger partial charge in [-0.2, -0.15) is 0 Å². The monoisotopic (exact) mass is 404 g/mol. The Bertz CT molecular complexity index is 920. The molecule has 7 nitrogen and oxygen atoms in total. The highest BCUT2D eigenvalue weighted by Gasteiger charge is 2.58. The summed E-state index contributed by atoms with van der Waals surface area (Å²) in [5, 5.41) is 0. The number of fused-ring (bicyclic) bond motifs is 1. The van der Waals surface area contributed by atoms with E-state index in [2.05, 4.69) is 0 Å². The van der Waals surface area contributed by atoms with E-state index in [1.54, 1.807) is 35.2 Å². The highest BCUT2D eigenvalue weighted by Crippen LogP contribution is 2.41. The van der Waals surface area contributed by atoms with Crippen LogP contribution in [0.25, 0.3) is 6.08 Å². The van der Waals surface area contributed by atoms with Gasteiger partial charge >= 0.3 is 0 Å². The van der Waals surface area contributed by atoms with E-state index in [4.69, 9.17) is 0 Å². The van der Waals surface area contributed by atoms with Crippen molar-refractivity contribution in [1.29, 1.82) is 0 Å². The first-order valence-corrected chi connectivity index (χ1v) is 11.1. The molecule has 2 saturated heterocycles. The molecule has 3 atom stereocenters. The van der Waals surface area contributed by atoms with E-state index in [0.29, 0.717) is 18.5 Å². The van der Waals surface area contributed by atoms with E-state index in [0.717, 1.165) is 22.4 Å². The molecule has 8 heteroatoms. The Labute approximate surface area is 165 Å². The molecule has 0 aliphatic carbocycles. The maximum atomic E-state index is 12.8. The fourth-order valence-corrected chi connectivity index (χ4v) is 5.41. The number of likely N-dealkylation sites (tertiary alicyclic amines) is 1. The number of aldehydes is 1. The number of hydrogen-bond acceptors (Lipinski definition) is 5. The van der Waals surface area contributed by atoms with Crippen LogP contribution in [-0.2, 0) is 19.6 Å². The fraction of sp³-hybridized carbons (Fsp3) is 0.450. The SMILES string of the molecule is CC(C)[C@H]1C(=O)N(S(C)(=O)=O)[C@H]2CCN(C(=O)C=Cc3ccc(C=O)cc3)[C@H]12. The summed E-state index contributed by atoms with van der Waals surface area (Å²) < 4.78 is 25.3. The third-order valence-corrected chi connectivity index (χ3v) is 6.61. The predicted octanol–water partition coefficient (Wildman–Crippen LogP) is 1.56. The molecule has 150 valence electrons. The first kappa shape index (κ1) is 20.3. The molecule has 28 heavy (non-hydrogen) atoms. The van der Waals surface area contributed by atoms with E-state index in [1.165, 1.54) is 6.08 Å². The summed E-state index contributed by atoms with van der Waals surface area (Å²) in [6.45, 7) is 4.15. The second-order valence-electron chi connectivity index (χ2n) is 7.66. The standard InChI is InChI=1S/C20H24N2O5S/c1-13(2)18-19-16(22(20(18)25)28(3,26)27)10-11-21(19)17(24)9-8-14-4-6-15(12-23)7-5-14/h4-9,12-13,16,18-19H,10-11H2,1-3H3/t16-,18+,19-/m0/s1. The van der Waals surface area contributed by atoms with Crippen LogP contribution in [0.3, 0.4) is 0 Å². The third kappa shape index (κ3) is 3.61. The number of amides is 2. The lowest BCUT2D eigenvalue weighted by atomic mass is 9.88. The number of hydrogen-bond donors (Lipinski definition) is 0. The van der Waals surface area contributed by atoms with Crippen molar-refractivity contribution in [3.63, 3.8) is 0 Å². The molecule has 2 fully saturated rings. The molecule has 0 aromatic heterocycles. The van der Waals surface area contributed by atoms with Crippen molar-refractivity contribution < 1.29 is 22.8 Å². The number of carbonyl (C=O) groups excluding carboxylic acids is 3. The minimum Gasteiger partial charge on any atom is -0.333 e. The van der Waals surface area contributed by atoms with Crippen LogP contribution in [0.1, 0.15) is 36.2 Å². The van der Waals surface area contributed by atoms with Crippen molar-refractivity contribution in [1.82, 2.24) is 9.21 Å². The zero-order valence-electron chi connectivity index (χ0n) is 16.1. The van der Waals surface area contributed by atoms with Gasteiger partial charge in [0.15, 0.2) is 0 Å². The van der Waals surface area contributed by atoms with Gasteiger partial charge in [-0.3, -0.25) is 14.4 Å². The normalized spacial score (nSPS) is 25.0. The van der Waals surface area contributed by atoms with Crippen molar-refractivity contribution in [2.75, 3.05) is 12.8 Å². The van der Waals surface area contributed by atoms with Crippen molar-refractivity contribution in [3.8, 4) is 0 Å². The summed E-state index contributed by atoms with van der Waals surface area (Å²) in [5.74, 6) is -1.29. The van der Waals surface area contributed by atoms with Crippen LogP contribution >= 0.6 is 0 Å². The van der Waals surface area contributed by atoms with E-state index >= 15 is 0 Å². The Morgan fingerprint density at radius 3 is 2.32 bits per heavy atom. The topological polar surface area (TPSA) is 91.8 Å². The van der Waals surface area contributed by atoms with E-state index in [1.807, 2.05) is 13.8 Å². The Morgan fingerprint density at radius 1 is 1.18 bits per heavy atom. The first-order valence-electron chi connectivity index (χ1n) is 9.22. The number of sulfonamides is 1. The average Bonchev–Trinajstić information content (AvgIpc) is 3.15. The van der Waals surface area contributed by atoms with E-state index in [9.17, 15) is 22.8 Å². The van der Waals surface area contributed by atoms with Crippen molar-refractivity contribution in [3.05, 3.63) is 41.5 Å². The molecule has 0 spiro atoms. The van der Waals surface area contributed by atoms with Crippen molar-refractivity contribution in [2.24, 2.45) is 11.8 Å². The Morgan fingerprint density at radius 2 is 1.79 bits per heavy atom. The Hall–Kier alpha value is -2.48. The summed E-state index contributed by atoms with van der Waals surface area (Å²) in [6.07, 6.45) is 5.32. The lowest BCUT2D eigenvalue weighted by Crippen LogP contribution is -2.43. The highest BCUT2D eigenvalue weighted by atomic mass is 32.2. The maximum Gasteiger partial charge on any atom is 0.246 e. The smallest absolute Gasteiger partial charge is 0.246 e. The fourth-order valence-electron chi connectivity index (χ4n) is 4.24. The van der Waals surface area contributed by atoms with Gasteiger partial charge in [0.1, 0.15) is 6.29 Å². The molecular formula is C20H24N2O5S. The average molecular weight is 404 g/mol. The predicted molar refractivity (Wildman–Crippen MR) is 105 cm³/mol. The maximum absolute atomic E-state index is 12.8. The van der Waals surface area contributed by atoms with Gasteiger partial charge < -0.3 is 4.90 Å². The van der Waals surface area contributed by atoms with Gasteiger partial charge in [-0.1, -0.05) is 38.1 Å². The minimum absolute atomic E-state index is 0.0833. The van der Waals surface area contributed by atoms with Crippen LogP contribution in [0.5, 0.6) is 0 Å². The molecule has 2 aliphatic heterocycles. The number of rotatable bonds is 5. The van der Waals surface area contributed by atoms with Crippen LogP contribution in [0.15, 0.2) is 30.3 Å². The van der Waals surface area contributed by atoms with Crippen LogP contribution in [0.4, 0.5) is 0 Å². The molecular weight excluding hydrogens is 380 g/mol. The second kappa shape index (κ2) is 7.50. The van der Waals surface area contributed by atoms with Gasteiger partial charge in [0.25, 0.3) is 0 Å². The molecule has 2 aliphatic rings. The molecule has 0 N–H and O–H groups in total. The highest BCUT2D eigenvalue weighted by molar-refractivity contribution is 7.88. The van der Waals surface area contributed by atoms with Crippen molar-refractivity contribution >= 4 is 34.2 Å². The molecule has 2 heterocycles. The minimum atomic E-state index is -3.68. The van der Waals surface area contributed by atoms with Gasteiger partial charge in [0, 0.05) is 18.2 Å². The second-order valence-corrected chi connectivity index (χ2v) is 9.52. The molecule has 0 bridgehead atoms. The van der Waals surface area contributed by atoms with Gasteiger partial charge in [-0.05, 0) is 24.0 Å². The number of carbonyl (C=O) groups is 3.